The summed E-state index contributed by atoms with van der Waals surface area (Å²) in [6.45, 7) is 18.4. The predicted octanol–water partition coefficient (Wildman–Crippen LogP) is 6.34. The Morgan fingerprint density at radius 2 is 1.85 bits per heavy atom. The number of carbonyl (C=O) groups excluding carboxylic acids is 5. The number of likely N-dealkylation sites (tertiary alicyclic amines) is 2. The summed E-state index contributed by atoms with van der Waals surface area (Å²) in [6.07, 6.45) is 5.11. The molecule has 4 aromatic rings. The van der Waals surface area contributed by atoms with Crippen molar-refractivity contribution in [2.75, 3.05) is 46.4 Å². The molecule has 7 rings (SSSR count). The molecule has 358 valence electrons. The van der Waals surface area contributed by atoms with E-state index in [9.17, 15) is 24.0 Å². The lowest BCUT2D eigenvalue weighted by Gasteiger charge is -2.34. The molecule has 3 aromatic heterocycles. The van der Waals surface area contributed by atoms with E-state index in [4.69, 9.17) is 19.4 Å². The number of amides is 4. The van der Waals surface area contributed by atoms with E-state index in [0.29, 0.717) is 57.0 Å². The molecule has 3 fully saturated rings. The summed E-state index contributed by atoms with van der Waals surface area (Å²) >= 11 is 1.43. The second-order valence-corrected chi connectivity index (χ2v) is 20.2. The lowest BCUT2D eigenvalue weighted by Crippen LogP contribution is -2.59. The average Bonchev–Trinajstić information content (AvgIpc) is 4.11. The first kappa shape index (κ1) is 49.3. The van der Waals surface area contributed by atoms with Crippen LogP contribution in [0.3, 0.4) is 0 Å². The zero-order valence-corrected chi connectivity index (χ0v) is 41.3. The minimum absolute atomic E-state index is 0.133. The van der Waals surface area contributed by atoms with Crippen molar-refractivity contribution in [3.63, 3.8) is 0 Å². The second kappa shape index (κ2) is 20.7. The van der Waals surface area contributed by atoms with Gasteiger partial charge < -0.3 is 29.2 Å². The smallest absolute Gasteiger partial charge is 0.302 e. The van der Waals surface area contributed by atoms with E-state index in [1.807, 2.05) is 32.2 Å². The number of esters is 1. The monoisotopic (exact) mass is 934 g/mol. The van der Waals surface area contributed by atoms with Crippen LogP contribution in [0.15, 0.2) is 41.9 Å². The molecule has 0 unspecified atom stereocenters. The van der Waals surface area contributed by atoms with Crippen molar-refractivity contribution in [2.45, 2.75) is 119 Å². The van der Waals surface area contributed by atoms with Crippen LogP contribution in [0.1, 0.15) is 103 Å². The maximum absolute atomic E-state index is 14.5. The van der Waals surface area contributed by atoms with Gasteiger partial charge in [0.15, 0.2) is 0 Å². The minimum atomic E-state index is -0.949. The van der Waals surface area contributed by atoms with Gasteiger partial charge >= 0.3 is 5.97 Å². The molecule has 67 heavy (non-hydrogen) atoms. The predicted molar refractivity (Wildman–Crippen MR) is 258 cm³/mol. The van der Waals surface area contributed by atoms with Crippen LogP contribution in [0.5, 0.6) is 0 Å². The standard InChI is InChI=1S/C51H66N8O7S/c1-10-15-43(61)56-24-19-51(30-56)20-25-58(49(51)64)45(32(3)4)47(62)55-39(48(63)59-23-13-12-22-53-59)27-42-54-40(29-67-42)35-17-18-41-37(26-35)38(28-50(7,8)31-66-34(6)60)46(57(41)11-2)36-16-14-21-52-44(36)33(5)65-9/h14,16-18,21,26,29,32-33,39,45,53H,11-13,19-20,22-25,27-28,30-31H2,1-9H3,(H,55,62)/t33-,39-,45-,51+/m0/s1. The third kappa shape index (κ3) is 10.4. The first-order valence-corrected chi connectivity index (χ1v) is 24.5. The molecule has 4 amide bonds. The van der Waals surface area contributed by atoms with E-state index < -0.39 is 28.8 Å². The SMILES string of the molecule is CC#CC(=O)N1CC[C@@]2(CCN([C@H](C(=O)N[C@@H](Cc3nc(-c4ccc5c(c4)c(CC(C)(C)COC(C)=O)c(-c4cccnc4[C@H](C)OC)n5CC)cs3)C(=O)N3CCCCN3)C(C)C)C2=O)C1. The van der Waals surface area contributed by atoms with Crippen LogP contribution >= 0.6 is 11.3 Å². The van der Waals surface area contributed by atoms with Crippen molar-refractivity contribution in [1.82, 2.24) is 40.1 Å². The Kier molecular flexibility index (Phi) is 15.2. The molecule has 0 bridgehead atoms. The van der Waals surface area contributed by atoms with E-state index >= 15 is 0 Å². The number of carbonyl (C=O) groups is 5. The van der Waals surface area contributed by atoms with Gasteiger partial charge in [-0.3, -0.25) is 34.0 Å². The third-order valence-corrected chi connectivity index (χ3v) is 14.4. The first-order valence-electron chi connectivity index (χ1n) is 23.6. The summed E-state index contributed by atoms with van der Waals surface area (Å²) in [4.78, 5) is 80.9. The number of aromatic nitrogens is 3. The van der Waals surface area contributed by atoms with Crippen LogP contribution in [0.4, 0.5) is 0 Å². The highest BCUT2D eigenvalue weighted by molar-refractivity contribution is 7.10. The van der Waals surface area contributed by atoms with Crippen molar-refractivity contribution in [3.05, 3.63) is 58.2 Å². The number of nitrogens with zero attached hydrogens (tertiary/aromatic N) is 6. The van der Waals surface area contributed by atoms with Gasteiger partial charge in [-0.25, -0.2) is 10.4 Å². The number of nitrogens with one attached hydrogen (secondary N) is 2. The number of methoxy groups -OCH3 is 1. The molecule has 16 heteroatoms. The molecule has 1 spiro atoms. The highest BCUT2D eigenvalue weighted by Gasteiger charge is 2.54. The lowest BCUT2D eigenvalue weighted by molar-refractivity contribution is -0.146. The molecule has 6 heterocycles. The van der Waals surface area contributed by atoms with Gasteiger partial charge in [0.25, 0.3) is 11.8 Å². The maximum Gasteiger partial charge on any atom is 0.302 e. The van der Waals surface area contributed by atoms with Crippen molar-refractivity contribution in [2.24, 2.45) is 16.7 Å². The zero-order valence-electron chi connectivity index (χ0n) is 40.5. The average molecular weight is 935 g/mol. The fourth-order valence-electron chi connectivity index (χ4n) is 10.0. The molecular weight excluding hydrogens is 869 g/mol. The summed E-state index contributed by atoms with van der Waals surface area (Å²) in [5.41, 5.74) is 8.66. The van der Waals surface area contributed by atoms with E-state index in [0.717, 1.165) is 57.5 Å². The fourth-order valence-corrected chi connectivity index (χ4v) is 10.9. The number of hydrogen-bond acceptors (Lipinski definition) is 11. The molecule has 0 radical (unpaired) electrons. The van der Waals surface area contributed by atoms with Crippen molar-refractivity contribution >= 4 is 51.8 Å². The Hall–Kier alpha value is -5.63. The Labute approximate surface area is 398 Å². The van der Waals surface area contributed by atoms with Gasteiger partial charge in [-0.15, -0.1) is 11.3 Å². The molecule has 0 saturated carbocycles. The van der Waals surface area contributed by atoms with Crippen molar-refractivity contribution in [3.8, 4) is 34.4 Å². The van der Waals surface area contributed by atoms with Gasteiger partial charge in [0.1, 0.15) is 12.1 Å². The summed E-state index contributed by atoms with van der Waals surface area (Å²) < 4.78 is 13.7. The number of benzene rings is 1. The van der Waals surface area contributed by atoms with Gasteiger partial charge in [-0.1, -0.05) is 39.7 Å². The molecule has 3 aliphatic heterocycles. The van der Waals surface area contributed by atoms with Crippen LogP contribution < -0.4 is 10.7 Å². The first-order chi connectivity index (χ1) is 32.0. The van der Waals surface area contributed by atoms with E-state index in [2.05, 4.69) is 72.2 Å². The molecule has 3 saturated heterocycles. The molecule has 2 N–H and O–H groups in total. The number of ether oxygens (including phenoxy) is 2. The summed E-state index contributed by atoms with van der Waals surface area (Å²) in [5.74, 6) is 3.61. The number of aryl methyl sites for hydroxylation is 1. The largest absolute Gasteiger partial charge is 0.465 e. The zero-order chi connectivity index (χ0) is 48.2. The van der Waals surface area contributed by atoms with Crippen molar-refractivity contribution < 1.29 is 33.4 Å². The van der Waals surface area contributed by atoms with E-state index in [1.54, 1.807) is 35.0 Å². The Morgan fingerprint density at radius 1 is 1.07 bits per heavy atom. The Bertz CT molecular complexity index is 2570. The molecule has 0 aliphatic carbocycles. The van der Waals surface area contributed by atoms with Crippen LogP contribution in [0.25, 0.3) is 33.4 Å². The molecule has 3 aliphatic rings. The van der Waals surface area contributed by atoms with Crippen LogP contribution in [-0.2, 0) is 52.8 Å². The number of hydrogen-bond donors (Lipinski definition) is 2. The molecular formula is C51H66N8O7S. The number of hydrazine groups is 1. The van der Waals surface area contributed by atoms with Crippen LogP contribution in [0.2, 0.25) is 0 Å². The van der Waals surface area contributed by atoms with Gasteiger partial charge in [0.2, 0.25) is 11.8 Å². The fraction of sp³-hybridized carbons (Fsp3) is 0.549. The van der Waals surface area contributed by atoms with Gasteiger partial charge in [-0.05, 0) is 94.5 Å². The topological polar surface area (TPSA) is 168 Å². The highest BCUT2D eigenvalue weighted by Crippen LogP contribution is 2.44. The highest BCUT2D eigenvalue weighted by atomic mass is 32.1. The normalized spacial score (nSPS) is 18.9. The number of pyridine rings is 1. The Morgan fingerprint density at radius 3 is 2.54 bits per heavy atom. The summed E-state index contributed by atoms with van der Waals surface area (Å²) in [6, 6.07) is 8.63. The van der Waals surface area contributed by atoms with E-state index in [-0.39, 0.29) is 55.3 Å². The number of rotatable bonds is 16. The van der Waals surface area contributed by atoms with Crippen LogP contribution in [0, 0.1) is 28.6 Å². The number of thiazole rings is 1. The number of fused-ring (bicyclic) bond motifs is 1. The van der Waals surface area contributed by atoms with Gasteiger partial charge in [-0.2, -0.15) is 0 Å². The lowest BCUT2D eigenvalue weighted by atomic mass is 9.84. The maximum atomic E-state index is 14.5. The molecule has 15 nitrogen and oxygen atoms in total. The second-order valence-electron chi connectivity index (χ2n) is 19.3. The molecule has 1 aromatic carbocycles. The third-order valence-electron chi connectivity index (χ3n) is 13.5. The Balaban J connectivity index is 1.20. The summed E-state index contributed by atoms with van der Waals surface area (Å²) in [7, 11) is 1.68. The van der Waals surface area contributed by atoms with Gasteiger partial charge in [0, 0.05) is 98.7 Å². The quantitative estimate of drug-likeness (QED) is 0.0956. The van der Waals surface area contributed by atoms with Crippen LogP contribution in [-0.4, -0.2) is 117 Å². The van der Waals surface area contributed by atoms with Crippen molar-refractivity contribution in [1.29, 1.82) is 0 Å². The van der Waals surface area contributed by atoms with E-state index in [1.165, 1.54) is 18.3 Å². The van der Waals surface area contributed by atoms with Gasteiger partial charge in [0.05, 0.1) is 40.2 Å². The summed E-state index contributed by atoms with van der Waals surface area (Å²) in [5, 5.41) is 8.41. The minimum Gasteiger partial charge on any atom is -0.465 e. The molecule has 4 atom stereocenters.